The second kappa shape index (κ2) is 8.20. The molecule has 0 aliphatic carbocycles. The van der Waals surface area contributed by atoms with E-state index in [4.69, 9.17) is 4.74 Å². The molecule has 0 unspecified atom stereocenters. The Hall–Kier alpha value is -3.94. The van der Waals surface area contributed by atoms with Gasteiger partial charge in [-0.25, -0.2) is 9.37 Å². The quantitative estimate of drug-likeness (QED) is 0.494. The minimum Gasteiger partial charge on any atom is -0.457 e. The van der Waals surface area contributed by atoms with E-state index < -0.39 is 0 Å². The van der Waals surface area contributed by atoms with Crippen LogP contribution in [-0.2, 0) is 6.54 Å². The van der Waals surface area contributed by atoms with Crippen molar-refractivity contribution in [1.29, 1.82) is 0 Å². The maximum atomic E-state index is 13.5. The molecule has 2 heterocycles. The summed E-state index contributed by atoms with van der Waals surface area (Å²) in [6, 6.07) is 15.1. The average molecular weight is 405 g/mol. The number of imidazole rings is 1. The lowest BCUT2D eigenvalue weighted by Gasteiger charge is -2.09. The number of anilines is 2. The van der Waals surface area contributed by atoms with Crippen molar-refractivity contribution >= 4 is 28.6 Å². The van der Waals surface area contributed by atoms with Gasteiger partial charge in [0.2, 0.25) is 5.95 Å². The number of ether oxygens (including phenoxy) is 1. The molecule has 8 heteroatoms. The van der Waals surface area contributed by atoms with Crippen LogP contribution in [0.15, 0.2) is 60.8 Å². The van der Waals surface area contributed by atoms with Gasteiger partial charge in [0.05, 0.1) is 11.0 Å². The summed E-state index contributed by atoms with van der Waals surface area (Å²) in [6.07, 6.45) is 1.52. The lowest BCUT2D eigenvalue weighted by Crippen LogP contribution is -2.18. The van der Waals surface area contributed by atoms with Crippen molar-refractivity contribution in [3.63, 3.8) is 0 Å². The third-order valence-corrected chi connectivity index (χ3v) is 4.54. The first kappa shape index (κ1) is 19.4. The van der Waals surface area contributed by atoms with Gasteiger partial charge in [-0.1, -0.05) is 6.07 Å². The molecular weight excluding hydrogens is 385 g/mol. The number of carbonyl (C=O) groups excluding carboxylic acids is 1. The fourth-order valence-electron chi connectivity index (χ4n) is 3.15. The van der Waals surface area contributed by atoms with Crippen molar-refractivity contribution < 1.29 is 13.9 Å². The highest BCUT2D eigenvalue weighted by Gasteiger charge is 2.12. The van der Waals surface area contributed by atoms with Crippen LogP contribution in [-0.4, -0.2) is 27.5 Å². The zero-order chi connectivity index (χ0) is 21.1. The number of halogens is 1. The van der Waals surface area contributed by atoms with Crippen LogP contribution in [0.3, 0.4) is 0 Å². The number of aryl methyl sites for hydroxylation is 1. The molecule has 2 aromatic heterocycles. The van der Waals surface area contributed by atoms with Crippen molar-refractivity contribution in [3.8, 4) is 11.5 Å². The zero-order valence-corrected chi connectivity index (χ0v) is 16.5. The van der Waals surface area contributed by atoms with E-state index in [9.17, 15) is 9.18 Å². The highest BCUT2D eigenvalue weighted by atomic mass is 19.1. The summed E-state index contributed by atoms with van der Waals surface area (Å²) >= 11 is 0. The van der Waals surface area contributed by atoms with Gasteiger partial charge in [-0.3, -0.25) is 9.78 Å². The smallest absolute Gasteiger partial charge is 0.269 e. The predicted octanol–water partition coefficient (Wildman–Crippen LogP) is 4.49. The number of nitrogens with one attached hydrogen (secondary N) is 2. The molecule has 0 saturated carbocycles. The number of pyridine rings is 1. The number of nitrogens with zero attached hydrogens (tertiary/aromatic N) is 3. The molecular formula is C22H20FN5O2. The Labute approximate surface area is 172 Å². The molecule has 0 radical (unpaired) electrons. The summed E-state index contributed by atoms with van der Waals surface area (Å²) in [5, 5.41) is 5.70. The van der Waals surface area contributed by atoms with Crippen LogP contribution in [0.5, 0.6) is 11.5 Å². The molecule has 2 N–H and O–H groups in total. The Bertz CT molecular complexity index is 1220. The maximum Gasteiger partial charge on any atom is 0.269 e. The predicted molar refractivity (Wildman–Crippen MR) is 113 cm³/mol. The van der Waals surface area contributed by atoms with Crippen molar-refractivity contribution in [1.82, 2.24) is 19.9 Å². The topological polar surface area (TPSA) is 81.1 Å². The largest absolute Gasteiger partial charge is 0.457 e. The molecule has 4 aromatic rings. The minimum atomic E-state index is -0.316. The Morgan fingerprint density at radius 2 is 1.97 bits per heavy atom. The van der Waals surface area contributed by atoms with E-state index in [-0.39, 0.29) is 17.4 Å². The second-order valence-electron chi connectivity index (χ2n) is 6.52. The van der Waals surface area contributed by atoms with E-state index in [1.54, 1.807) is 31.3 Å². The van der Waals surface area contributed by atoms with E-state index in [2.05, 4.69) is 20.6 Å². The third kappa shape index (κ3) is 3.93. The van der Waals surface area contributed by atoms with Gasteiger partial charge in [0.25, 0.3) is 5.91 Å². The summed E-state index contributed by atoms with van der Waals surface area (Å²) < 4.78 is 21.4. The summed E-state index contributed by atoms with van der Waals surface area (Å²) in [6.45, 7) is 2.70. The first-order chi connectivity index (χ1) is 14.6. The number of rotatable bonds is 6. The van der Waals surface area contributed by atoms with E-state index in [1.165, 1.54) is 18.3 Å². The highest BCUT2D eigenvalue weighted by molar-refractivity contribution is 5.92. The molecule has 0 spiro atoms. The number of amides is 1. The normalized spacial score (nSPS) is 10.8. The number of hydrogen-bond acceptors (Lipinski definition) is 5. The molecule has 0 bridgehead atoms. The molecule has 0 fully saturated rings. The molecule has 0 aliphatic heterocycles. The van der Waals surface area contributed by atoms with E-state index in [1.807, 2.05) is 29.7 Å². The van der Waals surface area contributed by atoms with Crippen LogP contribution < -0.4 is 15.4 Å². The molecule has 0 saturated heterocycles. The van der Waals surface area contributed by atoms with Gasteiger partial charge in [0.15, 0.2) is 0 Å². The van der Waals surface area contributed by atoms with Gasteiger partial charge in [-0.2, -0.15) is 0 Å². The van der Waals surface area contributed by atoms with Gasteiger partial charge in [-0.15, -0.1) is 0 Å². The van der Waals surface area contributed by atoms with Gasteiger partial charge < -0.3 is 19.9 Å². The molecule has 30 heavy (non-hydrogen) atoms. The Morgan fingerprint density at radius 1 is 1.13 bits per heavy atom. The Balaban J connectivity index is 1.64. The van der Waals surface area contributed by atoms with E-state index in [0.29, 0.717) is 29.7 Å². The zero-order valence-electron chi connectivity index (χ0n) is 16.5. The molecule has 1 amide bonds. The van der Waals surface area contributed by atoms with E-state index in [0.717, 1.165) is 11.0 Å². The number of aromatic nitrogens is 3. The third-order valence-electron chi connectivity index (χ3n) is 4.54. The summed E-state index contributed by atoms with van der Waals surface area (Å²) in [5.41, 5.74) is 2.54. The van der Waals surface area contributed by atoms with Crippen LogP contribution in [0.2, 0.25) is 0 Å². The number of hydrogen-bond donors (Lipinski definition) is 2. The molecule has 4 rings (SSSR count). The fraction of sp³-hybridized carbons (Fsp3) is 0.136. The monoisotopic (exact) mass is 405 g/mol. The summed E-state index contributed by atoms with van der Waals surface area (Å²) in [4.78, 5) is 20.4. The van der Waals surface area contributed by atoms with E-state index >= 15 is 0 Å². The summed E-state index contributed by atoms with van der Waals surface area (Å²) in [7, 11) is 1.55. The van der Waals surface area contributed by atoms with Crippen LogP contribution >= 0.6 is 0 Å². The highest BCUT2D eigenvalue weighted by Crippen LogP contribution is 2.29. The number of carbonyl (C=O) groups is 1. The van der Waals surface area contributed by atoms with Crippen molar-refractivity contribution in [3.05, 3.63) is 72.3 Å². The van der Waals surface area contributed by atoms with Gasteiger partial charge in [0, 0.05) is 37.6 Å². The second-order valence-corrected chi connectivity index (χ2v) is 6.52. The minimum absolute atomic E-state index is 0.271. The Kier molecular flexibility index (Phi) is 5.30. The SMILES string of the molecule is CCn1c(Nc2cccc(F)c2)nc2cc(Oc3ccnc(C(=O)NC)c3)ccc21. The van der Waals surface area contributed by atoms with Gasteiger partial charge in [0.1, 0.15) is 23.0 Å². The average Bonchev–Trinajstić information content (AvgIpc) is 3.09. The molecule has 0 aliphatic rings. The first-order valence-corrected chi connectivity index (χ1v) is 9.46. The van der Waals surface area contributed by atoms with Crippen molar-refractivity contribution in [2.24, 2.45) is 0 Å². The number of benzene rings is 2. The number of fused-ring (bicyclic) bond motifs is 1. The molecule has 0 atom stereocenters. The maximum absolute atomic E-state index is 13.5. The molecule has 7 nitrogen and oxygen atoms in total. The Morgan fingerprint density at radius 3 is 2.73 bits per heavy atom. The summed E-state index contributed by atoms with van der Waals surface area (Å²) in [5.74, 6) is 1.08. The van der Waals surface area contributed by atoms with Gasteiger partial charge in [-0.05, 0) is 43.3 Å². The lowest BCUT2D eigenvalue weighted by molar-refractivity contribution is 0.0958. The standard InChI is InChI=1S/C22H20FN5O2/c1-3-28-20-8-7-16(30-17-9-10-25-19(13-17)21(29)24-2)12-18(20)27-22(28)26-15-6-4-5-14(23)11-15/h4-13H,3H2,1-2H3,(H,24,29)(H,26,27). The lowest BCUT2D eigenvalue weighted by atomic mass is 10.3. The van der Waals surface area contributed by atoms with Crippen molar-refractivity contribution in [2.75, 3.05) is 12.4 Å². The van der Waals surface area contributed by atoms with Crippen LogP contribution in [0.25, 0.3) is 11.0 Å². The molecule has 152 valence electrons. The van der Waals surface area contributed by atoms with Gasteiger partial charge >= 0.3 is 0 Å². The molecule has 2 aromatic carbocycles. The van der Waals surface area contributed by atoms with Crippen LogP contribution in [0, 0.1) is 5.82 Å². The first-order valence-electron chi connectivity index (χ1n) is 9.46. The van der Waals surface area contributed by atoms with Crippen molar-refractivity contribution in [2.45, 2.75) is 13.5 Å². The fourth-order valence-corrected chi connectivity index (χ4v) is 3.15. The van der Waals surface area contributed by atoms with Crippen LogP contribution in [0.1, 0.15) is 17.4 Å². The van der Waals surface area contributed by atoms with Crippen LogP contribution in [0.4, 0.5) is 16.0 Å².